The average Bonchev–Trinajstić information content (AvgIpc) is 2.67. The minimum absolute atomic E-state index is 0.135. The number of carbonyl (C=O) groups excluding carboxylic acids is 1. The maximum Gasteiger partial charge on any atom is 0.410 e. The zero-order valence-electron chi connectivity index (χ0n) is 9.50. The van der Waals surface area contributed by atoms with Gasteiger partial charge in [0.05, 0.1) is 6.61 Å². The summed E-state index contributed by atoms with van der Waals surface area (Å²) < 4.78 is 36.3. The minimum atomic E-state index is -2.92. The molecule has 2 aliphatic rings. The van der Waals surface area contributed by atoms with Crippen molar-refractivity contribution in [1.29, 1.82) is 0 Å². The molecule has 1 saturated heterocycles. The SMILES string of the molecule is CC(C)(C)OC(=O)N1CCO[C@H]2[C@H]1C2(F)F. The summed E-state index contributed by atoms with van der Waals surface area (Å²) in [6.07, 6.45) is -1.84. The van der Waals surface area contributed by atoms with Crippen molar-refractivity contribution in [3.8, 4) is 0 Å². The molecule has 0 spiro atoms. The Morgan fingerprint density at radius 3 is 2.69 bits per heavy atom. The quantitative estimate of drug-likeness (QED) is 0.640. The fraction of sp³-hybridized carbons (Fsp3) is 0.900. The van der Waals surface area contributed by atoms with Crippen LogP contribution in [0.2, 0.25) is 0 Å². The lowest BCUT2D eigenvalue weighted by Gasteiger charge is -2.28. The number of fused-ring (bicyclic) bond motifs is 1. The number of carbonyl (C=O) groups is 1. The Morgan fingerprint density at radius 2 is 2.12 bits per heavy atom. The summed E-state index contributed by atoms with van der Waals surface area (Å²) in [6, 6.07) is -1.14. The van der Waals surface area contributed by atoms with Crippen LogP contribution in [0.25, 0.3) is 0 Å². The maximum atomic E-state index is 13.2. The molecule has 2 fully saturated rings. The molecule has 1 saturated carbocycles. The highest BCUT2D eigenvalue weighted by Gasteiger charge is 2.75. The van der Waals surface area contributed by atoms with Crippen LogP contribution in [0.5, 0.6) is 0 Å². The van der Waals surface area contributed by atoms with Gasteiger partial charge < -0.3 is 9.47 Å². The monoisotopic (exact) mass is 235 g/mol. The van der Waals surface area contributed by atoms with E-state index in [1.807, 2.05) is 0 Å². The van der Waals surface area contributed by atoms with E-state index in [0.717, 1.165) is 4.90 Å². The summed E-state index contributed by atoms with van der Waals surface area (Å²) >= 11 is 0. The fourth-order valence-electron chi connectivity index (χ4n) is 1.80. The van der Waals surface area contributed by atoms with Crippen LogP contribution in [0.15, 0.2) is 0 Å². The molecular formula is C10H15F2NO3. The first-order valence-electron chi connectivity index (χ1n) is 5.22. The van der Waals surface area contributed by atoms with Crippen molar-refractivity contribution in [3.05, 3.63) is 0 Å². The lowest BCUT2D eigenvalue weighted by atomic mass is 10.2. The van der Waals surface area contributed by atoms with Crippen LogP contribution < -0.4 is 0 Å². The second kappa shape index (κ2) is 3.29. The lowest BCUT2D eigenvalue weighted by molar-refractivity contribution is -0.0102. The van der Waals surface area contributed by atoms with Gasteiger partial charge in [-0.25, -0.2) is 13.6 Å². The molecule has 2 atom stereocenters. The third-order valence-corrected chi connectivity index (χ3v) is 2.54. The Morgan fingerprint density at radius 1 is 1.50 bits per heavy atom. The van der Waals surface area contributed by atoms with Crippen LogP contribution in [0.1, 0.15) is 20.8 Å². The van der Waals surface area contributed by atoms with E-state index in [0.29, 0.717) is 0 Å². The minimum Gasteiger partial charge on any atom is -0.444 e. The largest absolute Gasteiger partial charge is 0.444 e. The summed E-state index contributed by atoms with van der Waals surface area (Å²) in [4.78, 5) is 12.7. The predicted octanol–water partition coefficient (Wildman–Crippen LogP) is 1.64. The average molecular weight is 235 g/mol. The van der Waals surface area contributed by atoms with Gasteiger partial charge in [0.1, 0.15) is 17.7 Å². The van der Waals surface area contributed by atoms with Crippen LogP contribution in [0, 0.1) is 0 Å². The van der Waals surface area contributed by atoms with Gasteiger partial charge in [0, 0.05) is 6.54 Å². The standard InChI is InChI=1S/C10H15F2NO3/c1-9(2,3)16-8(14)13-4-5-15-7-6(13)10(7,11)12/h6-7H,4-5H2,1-3H3/t6-,7-/m0/s1. The molecule has 4 nitrogen and oxygen atoms in total. The summed E-state index contributed by atoms with van der Waals surface area (Å²) in [6.45, 7) is 5.40. The van der Waals surface area contributed by atoms with Crippen molar-refractivity contribution >= 4 is 6.09 Å². The van der Waals surface area contributed by atoms with Crippen molar-refractivity contribution < 1.29 is 23.0 Å². The van der Waals surface area contributed by atoms with Crippen LogP contribution in [0.4, 0.5) is 13.6 Å². The van der Waals surface area contributed by atoms with E-state index in [1.54, 1.807) is 20.8 Å². The Bertz CT molecular complexity index is 314. The Kier molecular flexibility index (Phi) is 2.38. The smallest absolute Gasteiger partial charge is 0.410 e. The summed E-state index contributed by atoms with van der Waals surface area (Å²) in [5.41, 5.74) is -0.672. The number of rotatable bonds is 0. The van der Waals surface area contributed by atoms with Gasteiger partial charge >= 0.3 is 6.09 Å². The molecule has 0 N–H and O–H groups in total. The topological polar surface area (TPSA) is 38.8 Å². The lowest BCUT2D eigenvalue weighted by Crippen LogP contribution is -2.44. The van der Waals surface area contributed by atoms with E-state index in [-0.39, 0.29) is 13.2 Å². The molecule has 0 aromatic heterocycles. The van der Waals surface area contributed by atoms with E-state index >= 15 is 0 Å². The van der Waals surface area contributed by atoms with Gasteiger partial charge in [-0.05, 0) is 20.8 Å². The van der Waals surface area contributed by atoms with Crippen molar-refractivity contribution in [2.45, 2.75) is 44.4 Å². The number of hydrogen-bond acceptors (Lipinski definition) is 3. The molecule has 1 heterocycles. The van der Waals surface area contributed by atoms with E-state index in [1.165, 1.54) is 0 Å². The molecule has 92 valence electrons. The van der Waals surface area contributed by atoms with E-state index < -0.39 is 29.8 Å². The molecule has 1 aliphatic heterocycles. The maximum absolute atomic E-state index is 13.2. The molecule has 0 aromatic carbocycles. The molecule has 6 heteroatoms. The van der Waals surface area contributed by atoms with Crippen LogP contribution in [-0.2, 0) is 9.47 Å². The second-order valence-electron chi connectivity index (χ2n) is 5.08. The number of hydrogen-bond donors (Lipinski definition) is 0. The van der Waals surface area contributed by atoms with Gasteiger partial charge in [0.2, 0.25) is 0 Å². The molecule has 16 heavy (non-hydrogen) atoms. The second-order valence-corrected chi connectivity index (χ2v) is 5.08. The summed E-state index contributed by atoms with van der Waals surface area (Å²) in [7, 11) is 0. The normalized spacial score (nSPS) is 31.9. The third kappa shape index (κ3) is 1.86. The van der Waals surface area contributed by atoms with Crippen LogP contribution >= 0.6 is 0 Å². The first kappa shape index (κ1) is 11.6. The van der Waals surface area contributed by atoms with Gasteiger partial charge in [0.25, 0.3) is 5.92 Å². The van der Waals surface area contributed by atoms with Gasteiger partial charge in [-0.2, -0.15) is 0 Å². The number of ether oxygens (including phenoxy) is 2. The van der Waals surface area contributed by atoms with Crippen molar-refractivity contribution in [3.63, 3.8) is 0 Å². The third-order valence-electron chi connectivity index (χ3n) is 2.54. The first-order valence-corrected chi connectivity index (χ1v) is 5.22. The molecule has 0 radical (unpaired) electrons. The molecule has 1 amide bonds. The molecular weight excluding hydrogens is 220 g/mol. The van der Waals surface area contributed by atoms with E-state index in [4.69, 9.17) is 9.47 Å². The van der Waals surface area contributed by atoms with Crippen LogP contribution in [0.3, 0.4) is 0 Å². The predicted molar refractivity (Wildman–Crippen MR) is 51.4 cm³/mol. The zero-order chi connectivity index (χ0) is 12.1. The summed E-state index contributed by atoms with van der Waals surface area (Å²) in [5, 5.41) is 0. The fourth-order valence-corrected chi connectivity index (χ4v) is 1.80. The molecule has 0 aromatic rings. The van der Waals surface area contributed by atoms with Crippen LogP contribution in [-0.4, -0.2) is 47.8 Å². The molecule has 1 aliphatic carbocycles. The number of halogens is 2. The Hall–Kier alpha value is -0.910. The van der Waals surface area contributed by atoms with Gasteiger partial charge in [-0.15, -0.1) is 0 Å². The van der Waals surface area contributed by atoms with E-state index in [9.17, 15) is 13.6 Å². The number of nitrogens with zero attached hydrogens (tertiary/aromatic N) is 1. The number of amides is 1. The van der Waals surface area contributed by atoms with Gasteiger partial charge in [-0.1, -0.05) is 0 Å². The number of alkyl halides is 2. The Balaban J connectivity index is 2.02. The summed E-state index contributed by atoms with van der Waals surface area (Å²) in [5.74, 6) is -2.92. The highest BCUT2D eigenvalue weighted by molar-refractivity contribution is 5.70. The van der Waals surface area contributed by atoms with Gasteiger partial charge in [-0.3, -0.25) is 4.90 Å². The van der Waals surface area contributed by atoms with Crippen molar-refractivity contribution in [1.82, 2.24) is 4.90 Å². The molecule has 0 unspecified atom stereocenters. The highest BCUT2D eigenvalue weighted by Crippen LogP contribution is 2.50. The Labute approximate surface area is 92.5 Å². The zero-order valence-corrected chi connectivity index (χ0v) is 9.50. The molecule has 2 rings (SSSR count). The molecule has 0 bridgehead atoms. The number of morpholine rings is 1. The highest BCUT2D eigenvalue weighted by atomic mass is 19.3. The van der Waals surface area contributed by atoms with Crippen molar-refractivity contribution in [2.75, 3.05) is 13.2 Å². The first-order chi connectivity index (χ1) is 7.23. The van der Waals surface area contributed by atoms with E-state index in [2.05, 4.69) is 0 Å². The van der Waals surface area contributed by atoms with Gasteiger partial charge in [0.15, 0.2) is 0 Å². The van der Waals surface area contributed by atoms with Crippen molar-refractivity contribution in [2.24, 2.45) is 0 Å².